The Morgan fingerprint density at radius 3 is 2.56 bits per heavy atom. The van der Waals surface area contributed by atoms with Crippen LogP contribution in [-0.2, 0) is 0 Å². The van der Waals surface area contributed by atoms with Crippen LogP contribution >= 0.6 is 11.6 Å². The fourth-order valence-electron chi connectivity index (χ4n) is 1.42. The van der Waals surface area contributed by atoms with Gasteiger partial charge in [-0.2, -0.15) is 0 Å². The van der Waals surface area contributed by atoms with E-state index in [-0.39, 0.29) is 11.9 Å². The zero-order chi connectivity index (χ0) is 13.7. The van der Waals surface area contributed by atoms with Crippen LogP contribution in [0.5, 0.6) is 0 Å². The number of halogens is 1. The number of allylic oxidation sites excluding steroid dienone is 1. The number of anilines is 1. The van der Waals surface area contributed by atoms with E-state index >= 15 is 0 Å². The molecule has 0 saturated carbocycles. The quantitative estimate of drug-likeness (QED) is 0.828. The van der Waals surface area contributed by atoms with Gasteiger partial charge in [0.2, 0.25) is 0 Å². The summed E-state index contributed by atoms with van der Waals surface area (Å²) in [6.45, 7) is 7.49. The zero-order valence-corrected chi connectivity index (χ0v) is 11.6. The Kier molecular flexibility index (Phi) is 5.02. The van der Waals surface area contributed by atoms with E-state index in [9.17, 15) is 4.79 Å². The van der Waals surface area contributed by atoms with Crippen LogP contribution in [0.3, 0.4) is 0 Å². The molecule has 0 aromatic heterocycles. The molecular formula is C14H17ClN2O. The molecule has 0 radical (unpaired) electrons. The lowest BCUT2D eigenvalue weighted by atomic mass is 10.1. The topological polar surface area (TPSA) is 32.3 Å². The molecule has 0 unspecified atom stereocenters. The molecule has 1 rings (SSSR count). The number of carbonyl (C=O) groups is 1. The molecular weight excluding hydrogens is 248 g/mol. The van der Waals surface area contributed by atoms with Crippen LogP contribution in [0.25, 0.3) is 0 Å². The molecule has 0 atom stereocenters. The maximum Gasteiger partial charge on any atom is 0.326 e. The molecule has 96 valence electrons. The molecule has 0 fully saturated rings. The van der Waals surface area contributed by atoms with Crippen molar-refractivity contribution in [3.63, 3.8) is 0 Å². The highest BCUT2D eigenvalue weighted by atomic mass is 35.5. The van der Waals surface area contributed by atoms with Gasteiger partial charge in [-0.15, -0.1) is 5.73 Å². The summed E-state index contributed by atoms with van der Waals surface area (Å²) in [4.78, 5) is 13.5. The van der Waals surface area contributed by atoms with Crippen molar-refractivity contribution in [1.29, 1.82) is 0 Å². The molecule has 4 heteroatoms. The number of para-hydroxylation sites is 1. The van der Waals surface area contributed by atoms with Gasteiger partial charge in [-0.05, 0) is 12.1 Å². The SMILES string of the molecule is C=C=C(NC(=O)N(C)c1ccccc1Cl)C(C)C. The van der Waals surface area contributed by atoms with Crippen LogP contribution in [0.15, 0.2) is 42.3 Å². The van der Waals surface area contributed by atoms with E-state index in [0.29, 0.717) is 16.4 Å². The van der Waals surface area contributed by atoms with Gasteiger partial charge in [-0.1, -0.05) is 44.2 Å². The second-order valence-corrected chi connectivity index (χ2v) is 4.59. The number of urea groups is 1. The fraction of sp³-hybridized carbons (Fsp3) is 0.286. The first-order chi connectivity index (χ1) is 8.47. The lowest BCUT2D eigenvalue weighted by molar-refractivity contribution is 0.249. The summed E-state index contributed by atoms with van der Waals surface area (Å²) < 4.78 is 0. The summed E-state index contributed by atoms with van der Waals surface area (Å²) >= 11 is 6.04. The van der Waals surface area contributed by atoms with Gasteiger partial charge in [0.15, 0.2) is 0 Å². The van der Waals surface area contributed by atoms with Crippen molar-refractivity contribution in [2.24, 2.45) is 5.92 Å². The summed E-state index contributed by atoms with van der Waals surface area (Å²) in [7, 11) is 1.66. The Morgan fingerprint density at radius 2 is 2.06 bits per heavy atom. The van der Waals surface area contributed by atoms with Crippen molar-refractivity contribution in [2.45, 2.75) is 13.8 Å². The molecule has 2 amide bonds. The Balaban J connectivity index is 2.86. The number of amides is 2. The molecule has 3 nitrogen and oxygen atoms in total. The largest absolute Gasteiger partial charge is 0.326 e. The molecule has 0 spiro atoms. The number of benzene rings is 1. The van der Waals surface area contributed by atoms with Gasteiger partial charge in [0, 0.05) is 13.0 Å². The maximum absolute atomic E-state index is 12.0. The molecule has 0 aliphatic heterocycles. The molecule has 0 aliphatic rings. The summed E-state index contributed by atoms with van der Waals surface area (Å²) in [6, 6.07) is 6.92. The van der Waals surface area contributed by atoms with Crippen molar-refractivity contribution in [3.8, 4) is 0 Å². The highest BCUT2D eigenvalue weighted by molar-refractivity contribution is 6.33. The number of nitrogens with one attached hydrogen (secondary N) is 1. The van der Waals surface area contributed by atoms with Gasteiger partial charge in [0.1, 0.15) is 0 Å². The van der Waals surface area contributed by atoms with Gasteiger partial charge in [-0.25, -0.2) is 4.79 Å². The van der Waals surface area contributed by atoms with Gasteiger partial charge < -0.3 is 5.32 Å². The smallest absolute Gasteiger partial charge is 0.304 e. The summed E-state index contributed by atoms with van der Waals surface area (Å²) in [5.41, 5.74) is 4.05. The van der Waals surface area contributed by atoms with Gasteiger partial charge in [0.25, 0.3) is 0 Å². The van der Waals surface area contributed by atoms with E-state index in [1.165, 1.54) is 4.90 Å². The van der Waals surface area contributed by atoms with Crippen LogP contribution in [0.4, 0.5) is 10.5 Å². The minimum Gasteiger partial charge on any atom is -0.304 e. The minimum atomic E-state index is -0.261. The summed E-state index contributed by atoms with van der Waals surface area (Å²) in [5.74, 6) is 0.158. The molecule has 0 aliphatic carbocycles. The lowest BCUT2D eigenvalue weighted by Gasteiger charge is -2.20. The Hall–Kier alpha value is -1.70. The van der Waals surface area contributed by atoms with E-state index in [4.69, 9.17) is 11.6 Å². The third-order valence-corrected chi connectivity index (χ3v) is 2.85. The maximum atomic E-state index is 12.0. The highest BCUT2D eigenvalue weighted by Crippen LogP contribution is 2.24. The Morgan fingerprint density at radius 1 is 1.44 bits per heavy atom. The monoisotopic (exact) mass is 264 g/mol. The standard InChI is InChI=1S/C14H17ClN2O/c1-5-12(10(2)3)16-14(18)17(4)13-9-7-6-8-11(13)15/h6-10H,1H2,2-4H3,(H,16,18). The second kappa shape index (κ2) is 6.29. The van der Waals surface area contributed by atoms with Crippen molar-refractivity contribution in [2.75, 3.05) is 11.9 Å². The van der Waals surface area contributed by atoms with Crippen molar-refractivity contribution >= 4 is 23.3 Å². The molecule has 1 aromatic carbocycles. The first-order valence-electron chi connectivity index (χ1n) is 5.66. The number of carbonyl (C=O) groups excluding carboxylic acids is 1. The number of hydrogen-bond donors (Lipinski definition) is 1. The Labute approximate surface area is 113 Å². The van der Waals surface area contributed by atoms with Gasteiger partial charge in [0.05, 0.1) is 16.4 Å². The number of hydrogen-bond acceptors (Lipinski definition) is 1. The van der Waals surface area contributed by atoms with Crippen molar-refractivity contribution < 1.29 is 4.79 Å². The van der Waals surface area contributed by atoms with Crippen molar-refractivity contribution in [1.82, 2.24) is 5.32 Å². The predicted molar refractivity (Wildman–Crippen MR) is 75.9 cm³/mol. The average Bonchev–Trinajstić information content (AvgIpc) is 2.35. The third-order valence-electron chi connectivity index (χ3n) is 2.53. The molecule has 0 bridgehead atoms. The second-order valence-electron chi connectivity index (χ2n) is 4.19. The average molecular weight is 265 g/mol. The molecule has 0 saturated heterocycles. The van der Waals surface area contributed by atoms with Gasteiger partial charge in [-0.3, -0.25) is 4.90 Å². The number of nitrogens with zero attached hydrogens (tertiary/aromatic N) is 1. The summed E-state index contributed by atoms with van der Waals surface area (Å²) in [6.07, 6.45) is 0. The van der Waals surface area contributed by atoms with Gasteiger partial charge >= 0.3 is 6.03 Å². The van der Waals surface area contributed by atoms with E-state index in [2.05, 4.69) is 17.6 Å². The fourth-order valence-corrected chi connectivity index (χ4v) is 1.69. The van der Waals surface area contributed by atoms with Crippen LogP contribution in [0, 0.1) is 5.92 Å². The lowest BCUT2D eigenvalue weighted by Crippen LogP contribution is -2.37. The van der Waals surface area contributed by atoms with E-state index in [1.54, 1.807) is 19.2 Å². The first kappa shape index (κ1) is 14.4. The molecule has 1 N–H and O–H groups in total. The molecule has 18 heavy (non-hydrogen) atoms. The predicted octanol–water partition coefficient (Wildman–Crippen LogP) is 3.81. The van der Waals surface area contributed by atoms with E-state index < -0.39 is 0 Å². The first-order valence-corrected chi connectivity index (χ1v) is 6.04. The van der Waals surface area contributed by atoms with Crippen LogP contribution in [-0.4, -0.2) is 13.1 Å². The highest BCUT2D eigenvalue weighted by Gasteiger charge is 2.15. The zero-order valence-electron chi connectivity index (χ0n) is 10.8. The van der Waals surface area contributed by atoms with Crippen molar-refractivity contribution in [3.05, 3.63) is 47.3 Å². The van der Waals surface area contributed by atoms with E-state index in [0.717, 1.165) is 0 Å². The van der Waals surface area contributed by atoms with E-state index in [1.807, 2.05) is 26.0 Å². The third kappa shape index (κ3) is 3.39. The normalized spacial score (nSPS) is 9.83. The molecule has 0 heterocycles. The van der Waals surface area contributed by atoms with Crippen LogP contribution in [0.2, 0.25) is 5.02 Å². The summed E-state index contributed by atoms with van der Waals surface area (Å²) in [5, 5.41) is 3.29. The molecule has 1 aromatic rings. The van der Waals surface area contributed by atoms with Crippen LogP contribution in [0.1, 0.15) is 13.8 Å². The minimum absolute atomic E-state index is 0.158. The van der Waals surface area contributed by atoms with Crippen LogP contribution < -0.4 is 10.2 Å². The number of rotatable bonds is 3. The Bertz CT molecular complexity index is 490.